The molecular weight excluding hydrogens is 246 g/mol. The Bertz CT molecular complexity index is 496. The Labute approximate surface area is 111 Å². The molecule has 0 saturated heterocycles. The van der Waals surface area contributed by atoms with Crippen molar-refractivity contribution in [1.82, 2.24) is 5.32 Å². The second-order valence-electron chi connectivity index (χ2n) is 3.74. The van der Waals surface area contributed by atoms with E-state index in [0.717, 1.165) is 5.56 Å². The molecule has 0 aliphatic carbocycles. The summed E-state index contributed by atoms with van der Waals surface area (Å²) in [5.41, 5.74) is 0.811. The molecule has 1 rings (SSSR count). The first-order valence-electron chi connectivity index (χ1n) is 5.76. The van der Waals surface area contributed by atoms with Crippen LogP contribution in [-0.4, -0.2) is 30.1 Å². The van der Waals surface area contributed by atoms with Crippen LogP contribution in [0.15, 0.2) is 24.3 Å². The predicted octanol–water partition coefficient (Wildman–Crippen LogP) is 1.03. The van der Waals surface area contributed by atoms with Gasteiger partial charge < -0.3 is 15.2 Å². The van der Waals surface area contributed by atoms with E-state index in [1.165, 1.54) is 6.92 Å². The molecule has 0 radical (unpaired) electrons. The molecule has 0 bridgehead atoms. The van der Waals surface area contributed by atoms with Crippen LogP contribution in [0.25, 0.3) is 0 Å². The summed E-state index contributed by atoms with van der Waals surface area (Å²) in [7, 11) is 0. The van der Waals surface area contributed by atoms with Gasteiger partial charge >= 0.3 is 5.97 Å². The largest absolute Gasteiger partial charge is 0.482 e. The van der Waals surface area contributed by atoms with Crippen LogP contribution in [0, 0.1) is 11.8 Å². The maximum absolute atomic E-state index is 10.6. The van der Waals surface area contributed by atoms with Crippen molar-refractivity contribution < 1.29 is 19.4 Å². The SMILES string of the molecule is CC(=O)NCCC#Cc1ccc(OCC(=O)O)cc1. The summed E-state index contributed by atoms with van der Waals surface area (Å²) in [6.07, 6.45) is 0.580. The smallest absolute Gasteiger partial charge is 0.341 e. The van der Waals surface area contributed by atoms with Crippen LogP contribution >= 0.6 is 0 Å². The summed E-state index contributed by atoms with van der Waals surface area (Å²) in [4.78, 5) is 20.9. The van der Waals surface area contributed by atoms with Crippen molar-refractivity contribution in [2.24, 2.45) is 0 Å². The first kappa shape index (κ1) is 14.6. The molecular formula is C14H15NO4. The van der Waals surface area contributed by atoms with Gasteiger partial charge in [-0.3, -0.25) is 4.79 Å². The molecule has 0 saturated carbocycles. The van der Waals surface area contributed by atoms with Crippen LogP contribution in [0.4, 0.5) is 0 Å². The molecule has 5 nitrogen and oxygen atoms in total. The Morgan fingerprint density at radius 2 is 2.00 bits per heavy atom. The first-order valence-corrected chi connectivity index (χ1v) is 5.76. The number of benzene rings is 1. The zero-order valence-corrected chi connectivity index (χ0v) is 10.6. The second kappa shape index (κ2) is 7.77. The average molecular weight is 261 g/mol. The Balaban J connectivity index is 2.41. The summed E-state index contributed by atoms with van der Waals surface area (Å²) in [6.45, 7) is 1.63. The van der Waals surface area contributed by atoms with Gasteiger partial charge in [0.25, 0.3) is 0 Å². The monoisotopic (exact) mass is 261 g/mol. The van der Waals surface area contributed by atoms with Gasteiger partial charge in [0.2, 0.25) is 5.91 Å². The normalized spacial score (nSPS) is 9.11. The summed E-state index contributed by atoms with van der Waals surface area (Å²) >= 11 is 0. The maximum atomic E-state index is 10.6. The number of ether oxygens (including phenoxy) is 1. The molecule has 0 atom stereocenters. The van der Waals surface area contributed by atoms with Crippen LogP contribution in [0.1, 0.15) is 18.9 Å². The highest BCUT2D eigenvalue weighted by Crippen LogP contribution is 2.11. The van der Waals surface area contributed by atoms with Crippen LogP contribution in [-0.2, 0) is 9.59 Å². The minimum Gasteiger partial charge on any atom is -0.482 e. The van der Waals surface area contributed by atoms with E-state index < -0.39 is 5.97 Å². The highest BCUT2D eigenvalue weighted by atomic mass is 16.5. The summed E-state index contributed by atoms with van der Waals surface area (Å²) in [6, 6.07) is 6.84. The number of amides is 1. The van der Waals surface area contributed by atoms with E-state index in [4.69, 9.17) is 9.84 Å². The van der Waals surface area contributed by atoms with Gasteiger partial charge in [-0.1, -0.05) is 11.8 Å². The van der Waals surface area contributed by atoms with Gasteiger partial charge in [0.1, 0.15) is 5.75 Å². The molecule has 1 aromatic carbocycles. The van der Waals surface area contributed by atoms with E-state index in [9.17, 15) is 9.59 Å². The number of hydrogen-bond acceptors (Lipinski definition) is 3. The molecule has 0 heterocycles. The van der Waals surface area contributed by atoms with Crippen molar-refractivity contribution in [3.8, 4) is 17.6 Å². The molecule has 0 unspecified atom stereocenters. The minimum absolute atomic E-state index is 0.0678. The Kier molecular flexibility index (Phi) is 5.96. The number of carboxylic acid groups (broad SMARTS) is 1. The molecule has 2 N–H and O–H groups in total. The fourth-order valence-electron chi connectivity index (χ4n) is 1.25. The lowest BCUT2D eigenvalue weighted by molar-refractivity contribution is -0.139. The van der Waals surface area contributed by atoms with Gasteiger partial charge in [0.05, 0.1) is 0 Å². The van der Waals surface area contributed by atoms with Crippen molar-refractivity contribution in [2.45, 2.75) is 13.3 Å². The highest BCUT2D eigenvalue weighted by molar-refractivity contribution is 5.72. The lowest BCUT2D eigenvalue weighted by atomic mass is 10.2. The summed E-state index contributed by atoms with van der Waals surface area (Å²) in [5.74, 6) is 5.28. The van der Waals surface area contributed by atoms with Crippen LogP contribution in [0.3, 0.4) is 0 Å². The van der Waals surface area contributed by atoms with Crippen LogP contribution < -0.4 is 10.1 Å². The fraction of sp³-hybridized carbons (Fsp3) is 0.286. The van der Waals surface area contributed by atoms with Crippen LogP contribution in [0.5, 0.6) is 5.75 Å². The van der Waals surface area contributed by atoms with Crippen molar-refractivity contribution in [2.75, 3.05) is 13.2 Å². The third kappa shape index (κ3) is 6.74. The first-order chi connectivity index (χ1) is 9.08. The van der Waals surface area contributed by atoms with Gasteiger partial charge in [0, 0.05) is 25.5 Å². The number of aliphatic carboxylic acids is 1. The van der Waals surface area contributed by atoms with E-state index in [1.807, 2.05) is 0 Å². The van der Waals surface area contributed by atoms with Crippen molar-refractivity contribution in [3.05, 3.63) is 29.8 Å². The second-order valence-corrected chi connectivity index (χ2v) is 3.74. The van der Waals surface area contributed by atoms with Crippen molar-refractivity contribution >= 4 is 11.9 Å². The molecule has 1 amide bonds. The van der Waals surface area contributed by atoms with Gasteiger partial charge in [-0.05, 0) is 24.3 Å². The Hall–Kier alpha value is -2.48. The minimum atomic E-state index is -1.01. The number of carbonyl (C=O) groups is 2. The molecule has 5 heteroatoms. The quantitative estimate of drug-likeness (QED) is 0.613. The molecule has 0 fully saturated rings. The van der Waals surface area contributed by atoms with Gasteiger partial charge in [-0.2, -0.15) is 0 Å². The molecule has 19 heavy (non-hydrogen) atoms. The van der Waals surface area contributed by atoms with E-state index in [-0.39, 0.29) is 12.5 Å². The molecule has 0 spiro atoms. The van der Waals surface area contributed by atoms with Crippen LogP contribution in [0.2, 0.25) is 0 Å². The zero-order valence-electron chi connectivity index (χ0n) is 10.6. The lowest BCUT2D eigenvalue weighted by Gasteiger charge is -2.02. The molecule has 0 aromatic heterocycles. The topological polar surface area (TPSA) is 75.6 Å². The van der Waals surface area contributed by atoms with Gasteiger partial charge in [0.15, 0.2) is 6.61 Å². The number of rotatable bonds is 5. The standard InChI is InChI=1S/C14H15NO4/c1-11(16)15-9-3-2-4-12-5-7-13(8-6-12)19-10-14(17)18/h5-8H,3,9-10H2,1H3,(H,15,16)(H,17,18). The Morgan fingerprint density at radius 3 is 2.58 bits per heavy atom. The molecule has 0 aliphatic heterocycles. The average Bonchev–Trinajstić information content (AvgIpc) is 2.37. The number of hydrogen-bond donors (Lipinski definition) is 2. The fourth-order valence-corrected chi connectivity index (χ4v) is 1.25. The third-order valence-electron chi connectivity index (χ3n) is 2.07. The van der Waals surface area contributed by atoms with Crippen molar-refractivity contribution in [1.29, 1.82) is 0 Å². The molecule has 1 aromatic rings. The third-order valence-corrected chi connectivity index (χ3v) is 2.07. The lowest BCUT2D eigenvalue weighted by Crippen LogP contribution is -2.20. The van der Waals surface area contributed by atoms with E-state index in [2.05, 4.69) is 17.2 Å². The molecule has 0 aliphatic rings. The van der Waals surface area contributed by atoms with E-state index in [1.54, 1.807) is 24.3 Å². The summed E-state index contributed by atoms with van der Waals surface area (Å²) < 4.78 is 5.00. The number of nitrogens with one attached hydrogen (secondary N) is 1. The predicted molar refractivity (Wildman–Crippen MR) is 69.8 cm³/mol. The molecule has 100 valence electrons. The zero-order chi connectivity index (χ0) is 14.1. The summed E-state index contributed by atoms with van der Waals surface area (Å²) in [5, 5.41) is 11.1. The number of carboxylic acids is 1. The van der Waals surface area contributed by atoms with Crippen molar-refractivity contribution in [3.63, 3.8) is 0 Å². The Morgan fingerprint density at radius 1 is 1.32 bits per heavy atom. The van der Waals surface area contributed by atoms with E-state index in [0.29, 0.717) is 18.7 Å². The van der Waals surface area contributed by atoms with Gasteiger partial charge in [-0.25, -0.2) is 4.79 Å². The maximum Gasteiger partial charge on any atom is 0.341 e. The highest BCUT2D eigenvalue weighted by Gasteiger charge is 1.98. The number of carbonyl (C=O) groups excluding carboxylic acids is 1. The van der Waals surface area contributed by atoms with Gasteiger partial charge in [-0.15, -0.1) is 0 Å². The van der Waals surface area contributed by atoms with E-state index >= 15 is 0 Å².